The van der Waals surface area contributed by atoms with Gasteiger partial charge in [-0.1, -0.05) is 66.8 Å². The molecule has 0 fully saturated rings. The van der Waals surface area contributed by atoms with Crippen molar-refractivity contribution in [2.75, 3.05) is 0 Å². The summed E-state index contributed by atoms with van der Waals surface area (Å²) in [5.74, 6) is 0.199. The summed E-state index contributed by atoms with van der Waals surface area (Å²) >= 11 is 0. The third kappa shape index (κ3) is 3.05. The van der Waals surface area contributed by atoms with Gasteiger partial charge in [0.1, 0.15) is 0 Å². The average Bonchev–Trinajstić information content (AvgIpc) is 2.51. The zero-order valence-corrected chi connectivity index (χ0v) is 12.5. The first-order valence-electron chi connectivity index (χ1n) is 7.19. The lowest BCUT2D eigenvalue weighted by Crippen LogP contribution is -2.19. The average molecular weight is 274 g/mol. The molecule has 0 aliphatic heterocycles. The maximum Gasteiger partial charge on any atom is 0.0491 e. The van der Waals surface area contributed by atoms with Crippen LogP contribution < -0.4 is 0 Å². The number of rotatable bonds is 8. The Balaban J connectivity index is 2.23. The van der Waals surface area contributed by atoms with Gasteiger partial charge in [-0.25, -0.2) is 0 Å². The molecule has 0 radical (unpaired) electrons. The number of hydrogen-bond acceptors (Lipinski definition) is 0. The van der Waals surface area contributed by atoms with Crippen molar-refractivity contribution in [1.82, 2.24) is 0 Å². The maximum atomic E-state index is 4.00. The molecule has 3 rings (SSSR count). The Morgan fingerprint density at radius 3 is 1.95 bits per heavy atom. The topological polar surface area (TPSA) is 0 Å². The minimum Gasteiger partial charge on any atom is -0.102 e. The van der Waals surface area contributed by atoms with E-state index in [0.717, 1.165) is 6.42 Å². The summed E-state index contributed by atoms with van der Waals surface area (Å²) in [7, 11) is 0. The Labute approximate surface area is 128 Å². The smallest absolute Gasteiger partial charge is 0.0491 e. The van der Waals surface area contributed by atoms with Gasteiger partial charge in [0, 0.05) is 11.3 Å². The van der Waals surface area contributed by atoms with Crippen LogP contribution in [0.25, 0.3) is 0 Å². The molecule has 0 unspecified atom stereocenters. The van der Waals surface area contributed by atoms with Crippen molar-refractivity contribution < 1.29 is 0 Å². The molecule has 0 amide bonds. The quantitative estimate of drug-likeness (QED) is 0.452. The molecular weight excluding hydrogens is 252 g/mol. The third-order valence-electron chi connectivity index (χ3n) is 4.00. The highest BCUT2D eigenvalue weighted by atomic mass is 14.3. The Bertz CT molecular complexity index is 589. The van der Waals surface area contributed by atoms with Gasteiger partial charge in [0.05, 0.1) is 0 Å². The lowest BCUT2D eigenvalue weighted by molar-refractivity contribution is 0.843. The first kappa shape index (κ1) is 15.1. The van der Waals surface area contributed by atoms with Crippen molar-refractivity contribution in [2.24, 2.45) is 5.92 Å². The van der Waals surface area contributed by atoms with Crippen molar-refractivity contribution in [3.63, 3.8) is 0 Å². The second-order valence-electron chi connectivity index (χ2n) is 5.35. The number of allylic oxidation sites excluding steroid dienone is 8. The van der Waals surface area contributed by atoms with Gasteiger partial charge in [-0.05, 0) is 23.1 Å². The molecule has 2 bridgehead atoms. The molecule has 0 saturated carbocycles. The molecule has 0 spiro atoms. The van der Waals surface area contributed by atoms with E-state index in [1.54, 1.807) is 0 Å². The van der Waals surface area contributed by atoms with Crippen LogP contribution in [0.3, 0.4) is 0 Å². The molecule has 0 heterocycles. The van der Waals surface area contributed by atoms with E-state index in [4.69, 9.17) is 0 Å². The minimum atomic E-state index is -0.312. The zero-order chi connectivity index (χ0) is 15.3. The van der Waals surface area contributed by atoms with Crippen LogP contribution in [0.2, 0.25) is 0 Å². The highest BCUT2D eigenvalue weighted by Crippen LogP contribution is 2.34. The Morgan fingerprint density at radius 1 is 0.905 bits per heavy atom. The summed E-state index contributed by atoms with van der Waals surface area (Å²) in [5.41, 5.74) is 3.70. The number of fused-ring (bicyclic) bond motifs is 2. The van der Waals surface area contributed by atoms with E-state index in [2.05, 4.69) is 56.7 Å². The first-order chi connectivity index (χ1) is 10.2. The monoisotopic (exact) mass is 274 g/mol. The van der Waals surface area contributed by atoms with Gasteiger partial charge in [-0.15, -0.1) is 26.3 Å². The normalized spacial score (nSPS) is 13.4. The van der Waals surface area contributed by atoms with Crippen molar-refractivity contribution >= 4 is 0 Å². The van der Waals surface area contributed by atoms with Crippen LogP contribution in [0.4, 0.5) is 0 Å². The predicted molar refractivity (Wildman–Crippen MR) is 93.5 cm³/mol. The summed E-state index contributed by atoms with van der Waals surface area (Å²) in [4.78, 5) is 0. The number of benzene rings is 1. The lowest BCUT2D eigenvalue weighted by Gasteiger charge is -2.28. The van der Waals surface area contributed by atoms with E-state index in [9.17, 15) is 0 Å². The molecule has 2 aliphatic rings. The second-order valence-corrected chi connectivity index (χ2v) is 5.35. The van der Waals surface area contributed by atoms with Crippen LogP contribution >= 0.6 is 0 Å². The van der Waals surface area contributed by atoms with Crippen molar-refractivity contribution in [2.45, 2.75) is 11.8 Å². The molecule has 0 heteroatoms. The highest BCUT2D eigenvalue weighted by Gasteiger charge is 2.24. The third-order valence-corrected chi connectivity index (χ3v) is 4.00. The molecular formula is C21H22. The van der Waals surface area contributed by atoms with E-state index in [-0.39, 0.29) is 11.3 Å². The van der Waals surface area contributed by atoms with Gasteiger partial charge in [0.25, 0.3) is 0 Å². The van der Waals surface area contributed by atoms with Gasteiger partial charge < -0.3 is 0 Å². The van der Waals surface area contributed by atoms with E-state index >= 15 is 0 Å². The summed E-state index contributed by atoms with van der Waals surface area (Å²) < 4.78 is 0. The molecule has 106 valence electrons. The maximum absolute atomic E-state index is 4.00. The summed E-state index contributed by atoms with van der Waals surface area (Å²) in [6.07, 6.45) is 16.9. The number of hydrogen-bond donors (Lipinski definition) is 0. The molecule has 0 N–H and O–H groups in total. The van der Waals surface area contributed by atoms with Crippen LogP contribution in [0, 0.1) is 5.92 Å². The molecule has 21 heavy (non-hydrogen) atoms. The van der Waals surface area contributed by atoms with Crippen LogP contribution in [-0.4, -0.2) is 0 Å². The van der Waals surface area contributed by atoms with Crippen molar-refractivity contribution in [3.05, 3.63) is 110 Å². The zero-order valence-electron chi connectivity index (χ0n) is 12.5. The summed E-state index contributed by atoms with van der Waals surface area (Å²) in [6, 6.07) is 6.70. The molecule has 2 aliphatic carbocycles. The van der Waals surface area contributed by atoms with E-state index in [0.29, 0.717) is 0 Å². The Hall–Kier alpha value is -2.34. The van der Waals surface area contributed by atoms with E-state index < -0.39 is 0 Å². The van der Waals surface area contributed by atoms with E-state index in [1.807, 2.05) is 36.5 Å². The standard InChI is InChI=1S/C21H22/c1-5-17(6-2)11-9-10-12-21(7-3,8-4)20-15-18-13-19(14-18)16-20/h5-13,15-17H,1-4,14H2. The SMILES string of the molecule is C=CC(C=C)C=CC=CC(C=C)(C=C)c1cc2cc(c1)C2. The fraction of sp³-hybridized carbons (Fsp3) is 0.143. The molecule has 0 atom stereocenters. The van der Waals surface area contributed by atoms with Crippen LogP contribution in [0.5, 0.6) is 0 Å². The van der Waals surface area contributed by atoms with Crippen LogP contribution in [-0.2, 0) is 11.8 Å². The minimum absolute atomic E-state index is 0.199. The van der Waals surface area contributed by atoms with Crippen LogP contribution in [0.15, 0.2) is 93.1 Å². The summed E-state index contributed by atoms with van der Waals surface area (Å²) in [5, 5.41) is 0. The highest BCUT2D eigenvalue weighted by molar-refractivity contribution is 5.51. The first-order valence-corrected chi connectivity index (χ1v) is 7.19. The van der Waals surface area contributed by atoms with Gasteiger partial charge in [0.15, 0.2) is 0 Å². The molecule has 1 aromatic rings. The Kier molecular flexibility index (Phi) is 4.59. The van der Waals surface area contributed by atoms with E-state index in [1.165, 1.54) is 16.7 Å². The van der Waals surface area contributed by atoms with Gasteiger partial charge in [-0.3, -0.25) is 0 Å². The van der Waals surface area contributed by atoms with Crippen LogP contribution in [0.1, 0.15) is 16.7 Å². The predicted octanol–water partition coefficient (Wildman–Crippen LogP) is 5.30. The molecule has 0 aromatic heterocycles. The molecule has 1 aromatic carbocycles. The van der Waals surface area contributed by atoms with Gasteiger partial charge in [-0.2, -0.15) is 0 Å². The largest absolute Gasteiger partial charge is 0.102 e. The molecule has 0 nitrogen and oxygen atoms in total. The second kappa shape index (κ2) is 6.41. The summed E-state index contributed by atoms with van der Waals surface area (Å²) in [6.45, 7) is 15.5. The van der Waals surface area contributed by atoms with Gasteiger partial charge in [0.2, 0.25) is 0 Å². The fourth-order valence-corrected chi connectivity index (χ4v) is 2.53. The lowest BCUT2D eigenvalue weighted by atomic mass is 9.76. The van der Waals surface area contributed by atoms with Crippen molar-refractivity contribution in [3.8, 4) is 0 Å². The fourth-order valence-electron chi connectivity index (χ4n) is 2.53. The van der Waals surface area contributed by atoms with Gasteiger partial charge >= 0.3 is 0 Å². The Morgan fingerprint density at radius 2 is 1.48 bits per heavy atom. The van der Waals surface area contributed by atoms with Crippen molar-refractivity contribution in [1.29, 1.82) is 0 Å². The molecule has 0 saturated heterocycles.